The number of carboxylic acids is 1. The molecule has 0 fully saturated rings. The highest BCUT2D eigenvalue weighted by Gasteiger charge is 2.11. The van der Waals surface area contributed by atoms with Crippen LogP contribution in [-0.2, 0) is 6.54 Å². The van der Waals surface area contributed by atoms with E-state index in [1.54, 1.807) is 18.3 Å². The van der Waals surface area contributed by atoms with Crippen molar-refractivity contribution < 1.29 is 9.90 Å². The van der Waals surface area contributed by atoms with Gasteiger partial charge in [-0.3, -0.25) is 0 Å². The maximum absolute atomic E-state index is 11.1. The number of thiazole rings is 1. The number of carboxylic acid groups (broad SMARTS) is 1. The molecule has 0 spiro atoms. The number of hydrogen-bond donors (Lipinski definition) is 2. The fourth-order valence-electron chi connectivity index (χ4n) is 1.49. The lowest BCUT2D eigenvalue weighted by Crippen LogP contribution is -2.06. The highest BCUT2D eigenvalue weighted by Crippen LogP contribution is 2.21. The number of benzene rings is 1. The molecule has 1 aromatic carbocycles. The second-order valence-corrected chi connectivity index (χ2v) is 5.31. The van der Waals surface area contributed by atoms with Crippen LogP contribution in [0.15, 0.2) is 24.4 Å². The summed E-state index contributed by atoms with van der Waals surface area (Å²) in [5, 5.41) is 20.9. The number of nitrogens with one attached hydrogen (secondary N) is 1. The monoisotopic (exact) mass is 293 g/mol. The summed E-state index contributed by atoms with van der Waals surface area (Å²) in [4.78, 5) is 15.9. The summed E-state index contributed by atoms with van der Waals surface area (Å²) < 4.78 is 0.440. The van der Waals surface area contributed by atoms with E-state index < -0.39 is 5.97 Å². The van der Waals surface area contributed by atoms with E-state index in [9.17, 15) is 4.79 Å². The molecule has 0 saturated heterocycles. The molecule has 5 nitrogen and oxygen atoms in total. The molecule has 2 aromatic rings. The van der Waals surface area contributed by atoms with Gasteiger partial charge < -0.3 is 10.4 Å². The first-order valence-corrected chi connectivity index (χ1v) is 6.41. The van der Waals surface area contributed by atoms with Crippen LogP contribution in [-0.4, -0.2) is 16.1 Å². The van der Waals surface area contributed by atoms with Crippen LogP contribution < -0.4 is 5.32 Å². The van der Waals surface area contributed by atoms with Gasteiger partial charge in [0.1, 0.15) is 0 Å². The van der Waals surface area contributed by atoms with Gasteiger partial charge in [-0.2, -0.15) is 5.26 Å². The lowest BCUT2D eigenvalue weighted by Gasteiger charge is -2.08. The van der Waals surface area contributed by atoms with Crippen LogP contribution >= 0.6 is 22.9 Å². The minimum absolute atomic E-state index is 0.0645. The molecule has 0 saturated carbocycles. The number of aromatic nitrogens is 1. The van der Waals surface area contributed by atoms with Crippen LogP contribution in [0.1, 0.15) is 20.8 Å². The topological polar surface area (TPSA) is 86.0 Å². The summed E-state index contributed by atoms with van der Waals surface area (Å²) in [5.41, 5.74) is 0.828. The Kier molecular flexibility index (Phi) is 4.00. The largest absolute Gasteiger partial charge is 0.478 e. The van der Waals surface area contributed by atoms with Crippen molar-refractivity contribution in [3.63, 3.8) is 0 Å². The Morgan fingerprint density at radius 3 is 2.95 bits per heavy atom. The Labute approximate surface area is 118 Å². The normalized spacial score (nSPS) is 9.89. The zero-order valence-corrected chi connectivity index (χ0v) is 11.1. The number of halogens is 1. The predicted molar refractivity (Wildman–Crippen MR) is 72.6 cm³/mol. The molecule has 0 aliphatic carbocycles. The number of aromatic carboxylic acids is 1. The van der Waals surface area contributed by atoms with E-state index in [2.05, 4.69) is 10.3 Å². The van der Waals surface area contributed by atoms with Gasteiger partial charge in [-0.15, -0.1) is 11.3 Å². The molecule has 1 aromatic heterocycles. The molecule has 0 radical (unpaired) electrons. The Balaban J connectivity index is 2.20. The maximum atomic E-state index is 11.1. The molecular weight excluding hydrogens is 286 g/mol. The van der Waals surface area contributed by atoms with Gasteiger partial charge in [-0.1, -0.05) is 11.6 Å². The molecule has 0 aliphatic heterocycles. The Bertz CT molecular complexity index is 663. The van der Waals surface area contributed by atoms with Crippen molar-refractivity contribution in [3.8, 4) is 6.07 Å². The van der Waals surface area contributed by atoms with E-state index in [-0.39, 0.29) is 5.56 Å². The molecular formula is C12H8ClN3O2S. The van der Waals surface area contributed by atoms with Crippen LogP contribution in [0.3, 0.4) is 0 Å². The molecule has 2 rings (SSSR count). The average Bonchev–Trinajstić information content (AvgIpc) is 2.82. The first kappa shape index (κ1) is 13.3. The molecule has 96 valence electrons. The van der Waals surface area contributed by atoms with Gasteiger partial charge in [-0.25, -0.2) is 9.78 Å². The second-order valence-electron chi connectivity index (χ2n) is 3.61. The minimum atomic E-state index is -1.08. The Morgan fingerprint density at radius 1 is 1.58 bits per heavy atom. The summed E-state index contributed by atoms with van der Waals surface area (Å²) in [7, 11) is 0. The maximum Gasteiger partial charge on any atom is 0.337 e. The second kappa shape index (κ2) is 5.69. The summed E-state index contributed by atoms with van der Waals surface area (Å²) in [6.45, 7) is 0.427. The van der Waals surface area contributed by atoms with Crippen LogP contribution in [0, 0.1) is 11.3 Å². The van der Waals surface area contributed by atoms with Gasteiger partial charge >= 0.3 is 5.97 Å². The van der Waals surface area contributed by atoms with Gasteiger partial charge in [0.25, 0.3) is 0 Å². The fraction of sp³-hybridized carbons (Fsp3) is 0.0833. The lowest BCUT2D eigenvalue weighted by atomic mass is 10.1. The van der Waals surface area contributed by atoms with Gasteiger partial charge in [0, 0.05) is 16.8 Å². The third-order valence-electron chi connectivity index (χ3n) is 2.36. The van der Waals surface area contributed by atoms with Gasteiger partial charge in [0.15, 0.2) is 4.47 Å². The van der Waals surface area contributed by atoms with Crippen molar-refractivity contribution in [2.24, 2.45) is 0 Å². The quantitative estimate of drug-likeness (QED) is 0.905. The van der Waals surface area contributed by atoms with Gasteiger partial charge in [-0.05, 0) is 18.2 Å². The van der Waals surface area contributed by atoms with Crippen molar-refractivity contribution >= 4 is 34.6 Å². The van der Waals surface area contributed by atoms with E-state index in [1.165, 1.54) is 17.4 Å². The molecule has 2 N–H and O–H groups in total. The number of anilines is 1. The summed E-state index contributed by atoms with van der Waals surface area (Å²) in [6.07, 6.45) is 1.63. The molecule has 0 aliphatic rings. The van der Waals surface area contributed by atoms with Crippen LogP contribution in [0.25, 0.3) is 0 Å². The van der Waals surface area contributed by atoms with E-state index in [1.807, 2.05) is 6.07 Å². The molecule has 0 amide bonds. The van der Waals surface area contributed by atoms with Gasteiger partial charge in [0.2, 0.25) is 0 Å². The standard InChI is InChI=1S/C12H8ClN3O2S/c13-12-16-6-8(19-12)5-15-10-2-1-7(4-14)3-9(10)11(17)18/h1-3,6,15H,5H2,(H,17,18). The highest BCUT2D eigenvalue weighted by molar-refractivity contribution is 7.15. The summed E-state index contributed by atoms with van der Waals surface area (Å²) in [5.74, 6) is -1.08. The Morgan fingerprint density at radius 2 is 2.37 bits per heavy atom. The number of carbonyl (C=O) groups is 1. The molecule has 0 unspecified atom stereocenters. The minimum Gasteiger partial charge on any atom is -0.478 e. The number of nitrogens with zero attached hydrogens (tertiary/aromatic N) is 2. The number of nitriles is 1. The van der Waals surface area contributed by atoms with Crippen molar-refractivity contribution in [2.45, 2.75) is 6.54 Å². The van der Waals surface area contributed by atoms with Crippen LogP contribution in [0.2, 0.25) is 4.47 Å². The third-order valence-corrected chi connectivity index (χ3v) is 3.47. The van der Waals surface area contributed by atoms with Crippen molar-refractivity contribution in [3.05, 3.63) is 44.9 Å². The molecule has 0 atom stereocenters. The average molecular weight is 294 g/mol. The molecule has 7 heteroatoms. The van der Waals surface area contributed by atoms with Crippen molar-refractivity contribution in [2.75, 3.05) is 5.32 Å². The first-order chi connectivity index (χ1) is 9.10. The van der Waals surface area contributed by atoms with E-state index in [4.69, 9.17) is 22.0 Å². The summed E-state index contributed by atoms with van der Waals surface area (Å²) in [6, 6.07) is 6.39. The molecule has 1 heterocycles. The lowest BCUT2D eigenvalue weighted by molar-refractivity contribution is 0.0698. The Hall–Kier alpha value is -2.10. The molecule has 19 heavy (non-hydrogen) atoms. The van der Waals surface area contributed by atoms with Gasteiger partial charge in [0.05, 0.1) is 23.7 Å². The zero-order valence-electron chi connectivity index (χ0n) is 9.55. The van der Waals surface area contributed by atoms with Crippen LogP contribution in [0.4, 0.5) is 5.69 Å². The number of hydrogen-bond acceptors (Lipinski definition) is 5. The first-order valence-electron chi connectivity index (χ1n) is 5.21. The van der Waals surface area contributed by atoms with Crippen molar-refractivity contribution in [1.29, 1.82) is 5.26 Å². The SMILES string of the molecule is N#Cc1ccc(NCc2cnc(Cl)s2)c(C(=O)O)c1. The fourth-order valence-corrected chi connectivity index (χ4v) is 2.41. The summed E-state index contributed by atoms with van der Waals surface area (Å²) >= 11 is 7.03. The smallest absolute Gasteiger partial charge is 0.337 e. The number of rotatable bonds is 4. The molecule has 0 bridgehead atoms. The van der Waals surface area contributed by atoms with E-state index in [0.717, 1.165) is 4.88 Å². The predicted octanol–water partition coefficient (Wildman–Crippen LogP) is 2.98. The highest BCUT2D eigenvalue weighted by atomic mass is 35.5. The van der Waals surface area contributed by atoms with E-state index in [0.29, 0.717) is 22.3 Å². The van der Waals surface area contributed by atoms with Crippen molar-refractivity contribution in [1.82, 2.24) is 4.98 Å². The van der Waals surface area contributed by atoms with E-state index >= 15 is 0 Å². The third kappa shape index (κ3) is 3.22. The van der Waals surface area contributed by atoms with Crippen LogP contribution in [0.5, 0.6) is 0 Å². The zero-order chi connectivity index (χ0) is 13.8.